The van der Waals surface area contributed by atoms with Gasteiger partial charge < -0.3 is 14.6 Å². The van der Waals surface area contributed by atoms with Crippen LogP contribution in [0.15, 0.2) is 54.7 Å². The van der Waals surface area contributed by atoms with Crippen molar-refractivity contribution in [2.75, 3.05) is 13.7 Å². The molecule has 0 spiro atoms. The zero-order valence-electron chi connectivity index (χ0n) is 13.5. The molecule has 0 aliphatic heterocycles. The molecule has 5 heteroatoms. The third kappa shape index (κ3) is 3.54. The molecule has 24 heavy (non-hydrogen) atoms. The summed E-state index contributed by atoms with van der Waals surface area (Å²) in [5, 5.41) is 4.61. The number of carbonyl (C=O) groups is 1. The monoisotopic (exact) mass is 342 g/mol. The molecule has 2 aromatic carbocycles. The van der Waals surface area contributed by atoms with Crippen molar-refractivity contribution in [2.45, 2.75) is 13.0 Å². The molecule has 1 N–H and O–H groups in total. The first-order valence-corrected chi connectivity index (χ1v) is 8.19. The van der Waals surface area contributed by atoms with Crippen LogP contribution in [-0.2, 0) is 17.8 Å². The number of methoxy groups -OCH3 is 1. The van der Waals surface area contributed by atoms with Crippen LogP contribution in [0.5, 0.6) is 5.75 Å². The highest BCUT2D eigenvalue weighted by Crippen LogP contribution is 2.24. The first kappa shape index (κ1) is 16.4. The van der Waals surface area contributed by atoms with Crippen LogP contribution in [-0.4, -0.2) is 24.1 Å². The lowest BCUT2D eigenvalue weighted by atomic mass is 10.1. The summed E-state index contributed by atoms with van der Waals surface area (Å²) in [6, 6.07) is 15.5. The van der Waals surface area contributed by atoms with Crippen LogP contribution < -0.4 is 10.1 Å². The maximum atomic E-state index is 12.2. The number of halogens is 1. The average Bonchev–Trinajstić information content (AvgIpc) is 3.00. The number of nitrogens with one attached hydrogen (secondary N) is 1. The van der Waals surface area contributed by atoms with Gasteiger partial charge in [0.1, 0.15) is 12.3 Å². The molecule has 0 unspecified atom stereocenters. The van der Waals surface area contributed by atoms with Crippen molar-refractivity contribution >= 4 is 28.4 Å². The zero-order valence-corrected chi connectivity index (χ0v) is 14.2. The van der Waals surface area contributed by atoms with E-state index in [2.05, 4.69) is 5.32 Å². The molecule has 4 nitrogen and oxygen atoms in total. The summed E-state index contributed by atoms with van der Waals surface area (Å²) < 4.78 is 7.22. The second-order valence-electron chi connectivity index (χ2n) is 5.53. The highest BCUT2D eigenvalue weighted by molar-refractivity contribution is 6.35. The van der Waals surface area contributed by atoms with E-state index in [4.69, 9.17) is 16.3 Å². The Bertz CT molecular complexity index is 857. The van der Waals surface area contributed by atoms with Crippen LogP contribution >= 0.6 is 11.6 Å². The smallest absolute Gasteiger partial charge is 0.239 e. The Kier molecular flexibility index (Phi) is 5.06. The lowest BCUT2D eigenvalue weighted by Gasteiger charge is -2.10. The van der Waals surface area contributed by atoms with Crippen LogP contribution in [0.3, 0.4) is 0 Å². The number of carbonyl (C=O) groups excluding carboxylic acids is 1. The fourth-order valence-electron chi connectivity index (χ4n) is 2.78. The van der Waals surface area contributed by atoms with Crippen LogP contribution in [0, 0.1) is 0 Å². The average molecular weight is 343 g/mol. The van der Waals surface area contributed by atoms with Crippen LogP contribution in [0.2, 0.25) is 5.02 Å². The van der Waals surface area contributed by atoms with Gasteiger partial charge in [0.25, 0.3) is 0 Å². The van der Waals surface area contributed by atoms with E-state index in [9.17, 15) is 4.79 Å². The molecule has 0 saturated heterocycles. The van der Waals surface area contributed by atoms with Crippen molar-refractivity contribution in [3.8, 4) is 5.75 Å². The molecular formula is C19H19ClN2O2. The molecule has 3 rings (SSSR count). The van der Waals surface area contributed by atoms with Gasteiger partial charge in [0.05, 0.1) is 7.11 Å². The summed E-state index contributed by atoms with van der Waals surface area (Å²) in [5.41, 5.74) is 2.04. The molecule has 0 aliphatic carbocycles. The van der Waals surface area contributed by atoms with Crippen molar-refractivity contribution in [3.05, 3.63) is 65.3 Å². The molecule has 1 aromatic heterocycles. The van der Waals surface area contributed by atoms with Gasteiger partial charge in [0.2, 0.25) is 5.91 Å². The number of nitrogens with zero attached hydrogens (tertiary/aromatic N) is 1. The number of amides is 1. The predicted molar refractivity (Wildman–Crippen MR) is 96.7 cm³/mol. The normalized spacial score (nSPS) is 10.8. The number of hydrogen-bond donors (Lipinski definition) is 1. The molecule has 1 heterocycles. The first-order valence-electron chi connectivity index (χ1n) is 7.81. The van der Waals surface area contributed by atoms with Crippen molar-refractivity contribution in [2.24, 2.45) is 0 Å². The molecule has 3 aromatic rings. The van der Waals surface area contributed by atoms with E-state index in [1.807, 2.05) is 59.3 Å². The van der Waals surface area contributed by atoms with E-state index in [1.54, 1.807) is 7.11 Å². The second kappa shape index (κ2) is 7.41. The molecule has 0 fully saturated rings. The number of para-hydroxylation sites is 1. The SMILES string of the molecule is COc1ccccc1CCNC(=O)Cn1ccc2c(Cl)cccc21. The van der Waals surface area contributed by atoms with Gasteiger partial charge in [-0.2, -0.15) is 0 Å². The Morgan fingerprint density at radius 1 is 1.17 bits per heavy atom. The quantitative estimate of drug-likeness (QED) is 0.743. The number of hydrogen-bond acceptors (Lipinski definition) is 2. The van der Waals surface area contributed by atoms with Gasteiger partial charge in [-0.25, -0.2) is 0 Å². The summed E-state index contributed by atoms with van der Waals surface area (Å²) in [6.07, 6.45) is 2.62. The largest absolute Gasteiger partial charge is 0.496 e. The summed E-state index contributed by atoms with van der Waals surface area (Å²) in [4.78, 5) is 12.2. The molecule has 124 valence electrons. The van der Waals surface area contributed by atoms with E-state index < -0.39 is 0 Å². The summed E-state index contributed by atoms with van der Waals surface area (Å²) >= 11 is 6.16. The van der Waals surface area contributed by atoms with E-state index in [0.717, 1.165) is 28.6 Å². The predicted octanol–water partition coefficient (Wildman–Crippen LogP) is 3.66. The van der Waals surface area contributed by atoms with Gasteiger partial charge in [-0.3, -0.25) is 4.79 Å². The Balaban J connectivity index is 1.58. The van der Waals surface area contributed by atoms with Crippen LogP contribution in [0.25, 0.3) is 10.9 Å². The van der Waals surface area contributed by atoms with Gasteiger partial charge in [0, 0.05) is 28.7 Å². The molecule has 0 saturated carbocycles. The van der Waals surface area contributed by atoms with E-state index >= 15 is 0 Å². The minimum Gasteiger partial charge on any atom is -0.496 e. The lowest BCUT2D eigenvalue weighted by Crippen LogP contribution is -2.29. The Morgan fingerprint density at radius 3 is 2.83 bits per heavy atom. The van der Waals surface area contributed by atoms with E-state index in [1.165, 1.54) is 0 Å². The lowest BCUT2D eigenvalue weighted by molar-refractivity contribution is -0.121. The third-order valence-electron chi connectivity index (χ3n) is 3.98. The molecule has 0 atom stereocenters. The topological polar surface area (TPSA) is 43.3 Å². The first-order chi connectivity index (χ1) is 11.7. The summed E-state index contributed by atoms with van der Waals surface area (Å²) in [5.74, 6) is 0.820. The van der Waals surface area contributed by atoms with Gasteiger partial charge in [-0.15, -0.1) is 0 Å². The minimum atomic E-state index is -0.0256. The Morgan fingerprint density at radius 2 is 2.00 bits per heavy atom. The Labute approximate surface area is 146 Å². The maximum absolute atomic E-state index is 12.2. The molecule has 1 amide bonds. The Hall–Kier alpha value is -2.46. The number of fused-ring (bicyclic) bond motifs is 1. The van der Waals surface area contributed by atoms with Gasteiger partial charge in [0.15, 0.2) is 0 Å². The fraction of sp³-hybridized carbons (Fsp3) is 0.211. The standard InChI is InChI=1S/C19H19ClN2O2/c1-24-18-8-3-2-5-14(18)9-11-21-19(23)13-22-12-10-15-16(20)6-4-7-17(15)22/h2-8,10,12H,9,11,13H2,1H3,(H,21,23). The zero-order chi connectivity index (χ0) is 16.9. The third-order valence-corrected chi connectivity index (χ3v) is 4.31. The van der Waals surface area contributed by atoms with Crippen molar-refractivity contribution in [1.82, 2.24) is 9.88 Å². The van der Waals surface area contributed by atoms with E-state index in [-0.39, 0.29) is 12.5 Å². The molecule has 0 radical (unpaired) electrons. The fourth-order valence-corrected chi connectivity index (χ4v) is 3.01. The van der Waals surface area contributed by atoms with Gasteiger partial charge in [-0.1, -0.05) is 35.9 Å². The number of benzene rings is 2. The summed E-state index contributed by atoms with van der Waals surface area (Å²) in [7, 11) is 1.65. The second-order valence-corrected chi connectivity index (χ2v) is 5.94. The van der Waals surface area contributed by atoms with Gasteiger partial charge >= 0.3 is 0 Å². The minimum absolute atomic E-state index is 0.0256. The van der Waals surface area contributed by atoms with Gasteiger partial charge in [-0.05, 0) is 36.2 Å². The summed E-state index contributed by atoms with van der Waals surface area (Å²) in [6.45, 7) is 0.842. The molecule has 0 bridgehead atoms. The molecule has 0 aliphatic rings. The maximum Gasteiger partial charge on any atom is 0.239 e. The highest BCUT2D eigenvalue weighted by Gasteiger charge is 2.08. The van der Waals surface area contributed by atoms with Crippen LogP contribution in [0.1, 0.15) is 5.56 Å². The number of aromatic nitrogens is 1. The number of rotatable bonds is 6. The molecular weight excluding hydrogens is 324 g/mol. The number of ether oxygens (including phenoxy) is 1. The van der Waals surface area contributed by atoms with E-state index in [0.29, 0.717) is 11.6 Å². The highest BCUT2D eigenvalue weighted by atomic mass is 35.5. The van der Waals surface area contributed by atoms with Crippen molar-refractivity contribution < 1.29 is 9.53 Å². The van der Waals surface area contributed by atoms with Crippen molar-refractivity contribution in [3.63, 3.8) is 0 Å². The van der Waals surface area contributed by atoms with Crippen LogP contribution in [0.4, 0.5) is 0 Å². The van der Waals surface area contributed by atoms with Crippen molar-refractivity contribution in [1.29, 1.82) is 0 Å².